The summed E-state index contributed by atoms with van der Waals surface area (Å²) in [6.07, 6.45) is 2.22. The first kappa shape index (κ1) is 10.3. The van der Waals surface area contributed by atoms with Crippen LogP contribution in [0.1, 0.15) is 37.3 Å². The molecule has 2 bridgehead atoms. The van der Waals surface area contributed by atoms with Crippen LogP contribution in [0.2, 0.25) is 0 Å². The third-order valence-electron chi connectivity index (χ3n) is 2.98. The predicted molar refractivity (Wildman–Crippen MR) is 63.9 cm³/mol. The maximum Gasteiger partial charge on any atom is 0.146 e. The van der Waals surface area contributed by atoms with E-state index in [-0.39, 0.29) is 0 Å². The Hall–Kier alpha value is -1.18. The van der Waals surface area contributed by atoms with Gasteiger partial charge >= 0.3 is 0 Å². The van der Waals surface area contributed by atoms with E-state index in [0.717, 1.165) is 25.2 Å². The average Bonchev–Trinajstić information content (AvgIpc) is 2.34. The molecule has 1 heterocycles. The Morgan fingerprint density at radius 1 is 1.33 bits per heavy atom. The Balaban J connectivity index is 2.55. The average molecular weight is 205 g/mol. The van der Waals surface area contributed by atoms with E-state index in [4.69, 9.17) is 4.74 Å². The third-order valence-corrected chi connectivity index (χ3v) is 2.98. The van der Waals surface area contributed by atoms with Gasteiger partial charge in [-0.05, 0) is 29.9 Å². The molecule has 82 valence electrons. The molecule has 0 spiro atoms. The predicted octanol–water partition coefficient (Wildman–Crippen LogP) is 3.18. The van der Waals surface area contributed by atoms with Crippen LogP contribution in [0.15, 0.2) is 12.1 Å². The molecule has 1 aliphatic heterocycles. The summed E-state index contributed by atoms with van der Waals surface area (Å²) in [6.45, 7) is 5.25. The van der Waals surface area contributed by atoms with Gasteiger partial charge in [0.1, 0.15) is 5.75 Å². The monoisotopic (exact) mass is 205 g/mol. The van der Waals surface area contributed by atoms with E-state index < -0.39 is 0 Å². The van der Waals surface area contributed by atoms with Gasteiger partial charge < -0.3 is 10.1 Å². The van der Waals surface area contributed by atoms with Crippen LogP contribution in [0, 0.1) is 0 Å². The number of benzene rings is 1. The molecule has 1 aromatic carbocycles. The van der Waals surface area contributed by atoms with Gasteiger partial charge in [-0.2, -0.15) is 0 Å². The lowest BCUT2D eigenvalue weighted by molar-refractivity contribution is 0.314. The molecule has 1 N–H and O–H groups in total. The van der Waals surface area contributed by atoms with Gasteiger partial charge in [-0.3, -0.25) is 0 Å². The molecule has 0 saturated carbocycles. The molecule has 2 rings (SSSR count). The number of rotatable bonds is 2. The fourth-order valence-corrected chi connectivity index (χ4v) is 2.17. The maximum absolute atomic E-state index is 5.86. The first-order valence-corrected chi connectivity index (χ1v) is 5.70. The van der Waals surface area contributed by atoms with Gasteiger partial charge in [0.2, 0.25) is 0 Å². The maximum atomic E-state index is 5.86. The van der Waals surface area contributed by atoms with Crippen LogP contribution in [0.4, 0.5) is 5.69 Å². The van der Waals surface area contributed by atoms with Crippen LogP contribution in [0.5, 0.6) is 5.75 Å². The fourth-order valence-electron chi connectivity index (χ4n) is 2.17. The molecule has 0 aromatic heterocycles. The number of ether oxygens (including phenoxy) is 1. The summed E-state index contributed by atoms with van der Waals surface area (Å²) in [4.78, 5) is 0. The molecule has 0 radical (unpaired) electrons. The molecular formula is C13H19NO. The van der Waals surface area contributed by atoms with E-state index in [1.54, 1.807) is 0 Å². The Morgan fingerprint density at radius 3 is 2.80 bits per heavy atom. The Morgan fingerprint density at radius 2 is 2.13 bits per heavy atom. The first-order valence-electron chi connectivity index (χ1n) is 5.70. The Kier molecular flexibility index (Phi) is 2.85. The highest BCUT2D eigenvalue weighted by molar-refractivity contribution is 5.66. The van der Waals surface area contributed by atoms with Crippen molar-refractivity contribution in [2.45, 2.75) is 32.6 Å². The van der Waals surface area contributed by atoms with E-state index in [2.05, 4.69) is 31.3 Å². The van der Waals surface area contributed by atoms with Crippen molar-refractivity contribution >= 4 is 5.69 Å². The highest BCUT2D eigenvalue weighted by Crippen LogP contribution is 2.38. The smallest absolute Gasteiger partial charge is 0.146 e. The van der Waals surface area contributed by atoms with Crippen molar-refractivity contribution in [3.05, 3.63) is 23.3 Å². The Bertz CT molecular complexity index is 358. The van der Waals surface area contributed by atoms with Crippen molar-refractivity contribution in [3.8, 4) is 5.75 Å². The minimum absolute atomic E-state index is 0.513. The molecule has 0 aliphatic carbocycles. The minimum Gasteiger partial charge on any atom is -0.491 e. The second kappa shape index (κ2) is 4.13. The van der Waals surface area contributed by atoms with E-state index in [1.165, 1.54) is 16.8 Å². The number of nitrogens with one attached hydrogen (secondary N) is 1. The fraction of sp³-hybridized carbons (Fsp3) is 0.538. The summed E-state index contributed by atoms with van der Waals surface area (Å²) in [5.74, 6) is 1.58. The summed E-state index contributed by atoms with van der Waals surface area (Å²) >= 11 is 0. The van der Waals surface area contributed by atoms with Crippen LogP contribution in [0.25, 0.3) is 0 Å². The zero-order valence-electron chi connectivity index (χ0n) is 9.76. The van der Waals surface area contributed by atoms with E-state index in [0.29, 0.717) is 5.92 Å². The van der Waals surface area contributed by atoms with E-state index in [1.807, 2.05) is 7.05 Å². The normalized spacial score (nSPS) is 14.7. The van der Waals surface area contributed by atoms with Crippen molar-refractivity contribution in [1.82, 2.24) is 0 Å². The van der Waals surface area contributed by atoms with Crippen LogP contribution >= 0.6 is 0 Å². The van der Waals surface area contributed by atoms with Crippen LogP contribution in [-0.4, -0.2) is 13.7 Å². The molecule has 2 heteroatoms. The molecule has 0 amide bonds. The van der Waals surface area contributed by atoms with Gasteiger partial charge in [-0.1, -0.05) is 26.0 Å². The molecule has 0 saturated heterocycles. The summed E-state index contributed by atoms with van der Waals surface area (Å²) in [5, 5.41) is 3.28. The van der Waals surface area contributed by atoms with E-state index in [9.17, 15) is 0 Å². The van der Waals surface area contributed by atoms with Crippen LogP contribution in [-0.2, 0) is 6.42 Å². The minimum atomic E-state index is 0.513. The van der Waals surface area contributed by atoms with Crippen molar-refractivity contribution in [1.29, 1.82) is 0 Å². The molecule has 2 nitrogen and oxygen atoms in total. The van der Waals surface area contributed by atoms with E-state index >= 15 is 0 Å². The molecule has 0 atom stereocenters. The summed E-state index contributed by atoms with van der Waals surface area (Å²) < 4.78 is 5.86. The third kappa shape index (κ3) is 1.81. The number of hydrogen-bond acceptors (Lipinski definition) is 2. The zero-order chi connectivity index (χ0) is 10.8. The van der Waals surface area contributed by atoms with Gasteiger partial charge in [0.05, 0.1) is 12.3 Å². The van der Waals surface area contributed by atoms with Gasteiger partial charge in [-0.15, -0.1) is 0 Å². The molecule has 0 unspecified atom stereocenters. The number of anilines is 1. The lowest BCUT2D eigenvalue weighted by atomic mass is 9.97. The molecule has 15 heavy (non-hydrogen) atoms. The SMILES string of the molecule is CNc1c2ccc(C(C)C)c1OCCC2. The number of fused-ring (bicyclic) bond motifs is 2. The lowest BCUT2D eigenvalue weighted by Gasteiger charge is -2.17. The van der Waals surface area contributed by atoms with Crippen molar-refractivity contribution in [3.63, 3.8) is 0 Å². The summed E-state index contributed by atoms with van der Waals surface area (Å²) in [5.41, 5.74) is 3.89. The topological polar surface area (TPSA) is 21.3 Å². The second-order valence-electron chi connectivity index (χ2n) is 4.37. The Labute approximate surface area is 91.6 Å². The second-order valence-corrected chi connectivity index (χ2v) is 4.37. The largest absolute Gasteiger partial charge is 0.491 e. The highest BCUT2D eigenvalue weighted by Gasteiger charge is 2.18. The molecule has 1 aromatic rings. The van der Waals surface area contributed by atoms with Gasteiger partial charge in [0.15, 0.2) is 0 Å². The van der Waals surface area contributed by atoms with Gasteiger partial charge in [0.25, 0.3) is 0 Å². The van der Waals surface area contributed by atoms with Gasteiger partial charge in [0, 0.05) is 7.05 Å². The zero-order valence-corrected chi connectivity index (χ0v) is 9.76. The molecular weight excluding hydrogens is 186 g/mol. The molecule has 0 fully saturated rings. The summed E-state index contributed by atoms with van der Waals surface area (Å²) in [7, 11) is 1.97. The lowest BCUT2D eigenvalue weighted by Crippen LogP contribution is -2.02. The van der Waals surface area contributed by atoms with Crippen LogP contribution < -0.4 is 10.1 Å². The summed E-state index contributed by atoms with van der Waals surface area (Å²) in [6, 6.07) is 4.45. The first-order chi connectivity index (χ1) is 7.24. The number of aryl methyl sites for hydroxylation is 1. The standard InChI is InChI=1S/C13H19NO/c1-9(2)11-7-6-10-5-4-8-15-13(11)12(10)14-3/h6-7,9,14H,4-5,8H2,1-3H3. The number of hydrogen-bond donors (Lipinski definition) is 1. The van der Waals surface area contributed by atoms with Crippen molar-refractivity contribution < 1.29 is 4.74 Å². The van der Waals surface area contributed by atoms with Crippen LogP contribution in [0.3, 0.4) is 0 Å². The highest BCUT2D eigenvalue weighted by atomic mass is 16.5. The van der Waals surface area contributed by atoms with Crippen molar-refractivity contribution in [2.24, 2.45) is 0 Å². The molecule has 1 aliphatic rings. The van der Waals surface area contributed by atoms with Gasteiger partial charge in [-0.25, -0.2) is 0 Å². The van der Waals surface area contributed by atoms with Crippen molar-refractivity contribution in [2.75, 3.05) is 19.0 Å². The quantitative estimate of drug-likeness (QED) is 0.800.